The first-order valence-electron chi connectivity index (χ1n) is 13.6. The van der Waals surface area contributed by atoms with Crippen LogP contribution in [0.3, 0.4) is 0 Å². The second kappa shape index (κ2) is 13.5. The Bertz CT molecular complexity index is 1280. The zero-order chi connectivity index (χ0) is 27.8. The molecule has 3 atom stereocenters. The molecule has 0 spiro atoms. The number of carboxylic acids is 1. The van der Waals surface area contributed by atoms with Crippen LogP contribution >= 0.6 is 12.6 Å². The number of aliphatic carboxylic acids is 1. The molecule has 0 fully saturated rings. The number of nitrogens with one attached hydrogen (secondary N) is 2. The second-order valence-electron chi connectivity index (χ2n) is 10.3. The van der Waals surface area contributed by atoms with Gasteiger partial charge in [0.15, 0.2) is 0 Å². The van der Waals surface area contributed by atoms with Gasteiger partial charge in [-0.15, -0.1) is 12.6 Å². The Balaban J connectivity index is 1.51. The predicted octanol–water partition coefficient (Wildman–Crippen LogP) is 5.68. The summed E-state index contributed by atoms with van der Waals surface area (Å²) in [5, 5.41) is 14.6. The smallest absolute Gasteiger partial charge is 0.305 e. The Kier molecular flexibility index (Phi) is 9.82. The summed E-state index contributed by atoms with van der Waals surface area (Å²) < 4.78 is 0. The molecule has 6 nitrogen and oxygen atoms in total. The molecule has 204 valence electrons. The Morgan fingerprint density at radius 1 is 1.05 bits per heavy atom. The van der Waals surface area contributed by atoms with Gasteiger partial charge in [-0.05, 0) is 72.4 Å². The summed E-state index contributed by atoms with van der Waals surface area (Å²) in [6.07, 6.45) is 13.3. The van der Waals surface area contributed by atoms with Crippen LogP contribution in [0, 0.1) is 5.92 Å². The first-order valence-corrected chi connectivity index (χ1v) is 14.0. The lowest BCUT2D eigenvalue weighted by molar-refractivity contribution is -0.136. The number of benzene rings is 2. The monoisotopic (exact) mass is 544 g/mol. The zero-order valence-electron chi connectivity index (χ0n) is 22.2. The highest BCUT2D eigenvalue weighted by Gasteiger charge is 2.26. The molecule has 2 aliphatic carbocycles. The van der Waals surface area contributed by atoms with E-state index in [1.54, 1.807) is 12.1 Å². The van der Waals surface area contributed by atoms with E-state index in [4.69, 9.17) is 5.11 Å². The molecule has 2 aromatic carbocycles. The fourth-order valence-corrected chi connectivity index (χ4v) is 5.38. The highest BCUT2D eigenvalue weighted by Crippen LogP contribution is 2.29. The van der Waals surface area contributed by atoms with Crippen molar-refractivity contribution in [2.24, 2.45) is 5.92 Å². The number of hydrogen-bond donors (Lipinski definition) is 4. The average Bonchev–Trinajstić information content (AvgIpc) is 2.94. The highest BCUT2D eigenvalue weighted by molar-refractivity contribution is 7.84. The molecule has 0 aliphatic heterocycles. The van der Waals surface area contributed by atoms with E-state index in [1.165, 1.54) is 24.0 Å². The third-order valence-electron chi connectivity index (χ3n) is 7.36. The summed E-state index contributed by atoms with van der Waals surface area (Å²) in [6.45, 7) is 2.13. The lowest BCUT2D eigenvalue weighted by Gasteiger charge is -2.26. The summed E-state index contributed by atoms with van der Waals surface area (Å²) in [4.78, 5) is 37.6. The zero-order valence-corrected chi connectivity index (χ0v) is 23.1. The van der Waals surface area contributed by atoms with Crippen molar-refractivity contribution >= 4 is 36.0 Å². The molecule has 0 saturated carbocycles. The number of allylic oxidation sites excluding steroid dienone is 3. The largest absolute Gasteiger partial charge is 0.481 e. The van der Waals surface area contributed by atoms with E-state index in [1.807, 2.05) is 30.4 Å². The van der Waals surface area contributed by atoms with Crippen molar-refractivity contribution in [1.82, 2.24) is 10.6 Å². The maximum atomic E-state index is 13.7. The van der Waals surface area contributed by atoms with Crippen LogP contribution in [-0.4, -0.2) is 35.5 Å². The Morgan fingerprint density at radius 3 is 2.44 bits per heavy atom. The minimum Gasteiger partial charge on any atom is -0.481 e. The molecule has 3 N–H and O–H groups in total. The van der Waals surface area contributed by atoms with Gasteiger partial charge in [0.1, 0.15) is 0 Å². The van der Waals surface area contributed by atoms with Crippen molar-refractivity contribution in [3.8, 4) is 0 Å². The van der Waals surface area contributed by atoms with Gasteiger partial charge in [0, 0.05) is 17.0 Å². The first-order chi connectivity index (χ1) is 18.8. The molecule has 0 saturated heterocycles. The number of carbonyl (C=O) groups is 3. The third-order valence-corrected chi connectivity index (χ3v) is 7.65. The molecule has 4 rings (SSSR count). The van der Waals surface area contributed by atoms with E-state index in [0.717, 1.165) is 28.9 Å². The van der Waals surface area contributed by atoms with Gasteiger partial charge in [-0.2, -0.15) is 0 Å². The highest BCUT2D eigenvalue weighted by atomic mass is 32.1. The van der Waals surface area contributed by atoms with Crippen LogP contribution in [0.15, 0.2) is 77.7 Å². The minimum absolute atomic E-state index is 0.0485. The Hall–Kier alpha value is -3.58. The molecule has 39 heavy (non-hydrogen) atoms. The lowest BCUT2D eigenvalue weighted by Crippen LogP contribution is -2.41. The van der Waals surface area contributed by atoms with E-state index < -0.39 is 11.9 Å². The van der Waals surface area contributed by atoms with Gasteiger partial charge in [0.05, 0.1) is 18.4 Å². The van der Waals surface area contributed by atoms with Gasteiger partial charge in [-0.1, -0.05) is 67.6 Å². The van der Waals surface area contributed by atoms with Crippen molar-refractivity contribution in [1.29, 1.82) is 0 Å². The second-order valence-corrected chi connectivity index (χ2v) is 10.8. The fourth-order valence-electron chi connectivity index (χ4n) is 5.06. The van der Waals surface area contributed by atoms with E-state index in [0.29, 0.717) is 12.0 Å². The summed E-state index contributed by atoms with van der Waals surface area (Å²) >= 11 is 4.42. The number of thiol groups is 1. The van der Waals surface area contributed by atoms with Crippen molar-refractivity contribution in [3.05, 3.63) is 100.0 Å². The van der Waals surface area contributed by atoms with Crippen molar-refractivity contribution in [2.45, 2.75) is 57.4 Å². The minimum atomic E-state index is -0.960. The lowest BCUT2D eigenvalue weighted by atomic mass is 9.87. The Labute approximate surface area is 235 Å². The predicted molar refractivity (Wildman–Crippen MR) is 158 cm³/mol. The van der Waals surface area contributed by atoms with Gasteiger partial charge in [0.2, 0.25) is 5.91 Å². The van der Waals surface area contributed by atoms with Crippen LogP contribution in [0.25, 0.3) is 5.57 Å². The summed E-state index contributed by atoms with van der Waals surface area (Å²) in [7, 11) is 0. The van der Waals surface area contributed by atoms with E-state index >= 15 is 0 Å². The SMILES string of the molecule is CC1C=C(S)C=CC1NC(=O)C(Cc1ccc(C(=O)NCCC(=O)O)cc1)c1ccc(C2=CCCCC2)cc1. The van der Waals surface area contributed by atoms with Gasteiger partial charge in [0.25, 0.3) is 5.91 Å². The van der Waals surface area contributed by atoms with Crippen LogP contribution in [0.2, 0.25) is 0 Å². The standard InChI is InChI=1S/C32H36N2O4S/c1-21-19-27(39)15-16-29(21)34-32(38)28(25-13-11-24(12-14-25)23-5-3-2-4-6-23)20-22-7-9-26(10-8-22)31(37)33-18-17-30(35)36/h5,7-16,19,21,28-29,39H,2-4,6,17-18,20H2,1H3,(H,33,37)(H,34,38)(H,35,36). The first kappa shape index (κ1) is 28.4. The Morgan fingerprint density at radius 2 is 1.79 bits per heavy atom. The molecular formula is C32H36N2O4S. The molecule has 0 radical (unpaired) electrons. The molecular weight excluding hydrogens is 508 g/mol. The quantitative estimate of drug-likeness (QED) is 0.290. The number of amides is 2. The normalized spacial score (nSPS) is 19.4. The van der Waals surface area contributed by atoms with Crippen LogP contribution in [0.5, 0.6) is 0 Å². The molecule has 2 aromatic rings. The molecule has 3 unspecified atom stereocenters. The van der Waals surface area contributed by atoms with E-state index in [9.17, 15) is 14.4 Å². The van der Waals surface area contributed by atoms with Gasteiger partial charge in [-0.25, -0.2) is 0 Å². The van der Waals surface area contributed by atoms with Crippen LogP contribution in [-0.2, 0) is 16.0 Å². The molecule has 7 heteroatoms. The molecule has 0 aromatic heterocycles. The average molecular weight is 545 g/mol. The number of rotatable bonds is 10. The third kappa shape index (κ3) is 7.96. The molecule has 0 heterocycles. The molecule has 2 aliphatic rings. The fraction of sp³-hybridized carbons (Fsp3) is 0.344. The number of carboxylic acid groups (broad SMARTS) is 1. The molecule has 2 amide bonds. The topological polar surface area (TPSA) is 95.5 Å². The number of hydrogen-bond acceptors (Lipinski definition) is 4. The number of carbonyl (C=O) groups excluding carboxylic acids is 2. The maximum absolute atomic E-state index is 13.7. The van der Waals surface area contributed by atoms with Gasteiger partial charge < -0.3 is 15.7 Å². The van der Waals surface area contributed by atoms with Gasteiger partial charge >= 0.3 is 5.97 Å². The summed E-state index contributed by atoms with van der Waals surface area (Å²) in [5.41, 5.74) is 4.92. The van der Waals surface area contributed by atoms with Crippen molar-refractivity contribution < 1.29 is 19.5 Å². The van der Waals surface area contributed by atoms with Crippen LogP contribution in [0.4, 0.5) is 0 Å². The van der Waals surface area contributed by atoms with E-state index in [-0.39, 0.29) is 36.7 Å². The van der Waals surface area contributed by atoms with Crippen molar-refractivity contribution in [2.75, 3.05) is 6.54 Å². The van der Waals surface area contributed by atoms with Crippen LogP contribution < -0.4 is 10.6 Å². The summed E-state index contributed by atoms with van der Waals surface area (Å²) in [6, 6.07) is 15.4. The summed E-state index contributed by atoms with van der Waals surface area (Å²) in [5.74, 6) is -1.60. The van der Waals surface area contributed by atoms with E-state index in [2.05, 4.69) is 60.5 Å². The molecule has 0 bridgehead atoms. The maximum Gasteiger partial charge on any atom is 0.305 e. The van der Waals surface area contributed by atoms with Gasteiger partial charge in [-0.3, -0.25) is 14.4 Å². The van der Waals surface area contributed by atoms with Crippen LogP contribution in [0.1, 0.15) is 72.0 Å². The van der Waals surface area contributed by atoms with Crippen molar-refractivity contribution in [3.63, 3.8) is 0 Å².